The molecule has 1 atom stereocenters. The molecule has 0 bridgehead atoms. The third-order valence-corrected chi connectivity index (χ3v) is 2.91. The molecule has 0 saturated heterocycles. The van der Waals surface area contributed by atoms with E-state index in [0.29, 0.717) is 17.8 Å². The summed E-state index contributed by atoms with van der Waals surface area (Å²) in [7, 11) is 1.89. The van der Waals surface area contributed by atoms with Gasteiger partial charge >= 0.3 is 0 Å². The Balaban J connectivity index is 2.22. The SMILES string of the molecule is CCC(=O)c1cc2cc(O[C@H](C)CNC)ccc2o1. The van der Waals surface area contributed by atoms with Crippen molar-refractivity contribution in [3.63, 3.8) is 0 Å². The minimum atomic E-state index is 0.0159. The van der Waals surface area contributed by atoms with Gasteiger partial charge in [0.1, 0.15) is 17.4 Å². The number of carbonyl (C=O) groups excluding carboxylic acids is 1. The van der Waals surface area contributed by atoms with Gasteiger partial charge < -0.3 is 14.5 Å². The summed E-state index contributed by atoms with van der Waals surface area (Å²) in [6.45, 7) is 4.61. The molecule has 0 amide bonds. The van der Waals surface area contributed by atoms with Crippen LogP contribution >= 0.6 is 0 Å². The number of nitrogens with one attached hydrogen (secondary N) is 1. The molecule has 1 aromatic carbocycles. The van der Waals surface area contributed by atoms with E-state index in [1.54, 1.807) is 6.07 Å². The number of furan rings is 1. The molecule has 4 heteroatoms. The Morgan fingerprint density at radius 1 is 1.42 bits per heavy atom. The van der Waals surface area contributed by atoms with Crippen molar-refractivity contribution in [2.24, 2.45) is 0 Å². The number of benzene rings is 1. The second kappa shape index (κ2) is 5.89. The summed E-state index contributed by atoms with van der Waals surface area (Å²) in [6, 6.07) is 7.37. The standard InChI is InChI=1S/C15H19NO3/c1-4-13(17)15-8-11-7-12(5-6-14(11)19-15)18-10(2)9-16-3/h5-8,10,16H,4,9H2,1-3H3/t10-/m1/s1. The lowest BCUT2D eigenvalue weighted by Crippen LogP contribution is -2.25. The van der Waals surface area contributed by atoms with E-state index < -0.39 is 0 Å². The predicted octanol–water partition coefficient (Wildman–Crippen LogP) is 3.01. The van der Waals surface area contributed by atoms with E-state index >= 15 is 0 Å². The van der Waals surface area contributed by atoms with Crippen molar-refractivity contribution in [2.45, 2.75) is 26.4 Å². The molecule has 0 unspecified atom stereocenters. The lowest BCUT2D eigenvalue weighted by Gasteiger charge is -2.13. The van der Waals surface area contributed by atoms with Gasteiger partial charge in [0.25, 0.3) is 0 Å². The monoisotopic (exact) mass is 261 g/mol. The maximum absolute atomic E-state index is 11.6. The first-order valence-corrected chi connectivity index (χ1v) is 6.52. The van der Waals surface area contributed by atoms with Crippen LogP contribution in [0.3, 0.4) is 0 Å². The summed E-state index contributed by atoms with van der Waals surface area (Å²) in [5, 5.41) is 3.96. The summed E-state index contributed by atoms with van der Waals surface area (Å²) < 4.78 is 11.3. The fourth-order valence-electron chi connectivity index (χ4n) is 1.97. The van der Waals surface area contributed by atoms with E-state index in [9.17, 15) is 4.79 Å². The number of Topliss-reactive ketones (excluding diaryl/α,β-unsaturated/α-hetero) is 1. The Bertz CT molecular complexity index is 574. The van der Waals surface area contributed by atoms with Crippen LogP contribution in [0.2, 0.25) is 0 Å². The van der Waals surface area contributed by atoms with Crippen LogP contribution in [0, 0.1) is 0 Å². The summed E-state index contributed by atoms with van der Waals surface area (Å²) in [5.41, 5.74) is 0.713. The van der Waals surface area contributed by atoms with Gasteiger partial charge in [-0.05, 0) is 38.2 Å². The number of rotatable bonds is 6. The van der Waals surface area contributed by atoms with Crippen LogP contribution in [-0.4, -0.2) is 25.5 Å². The molecule has 4 nitrogen and oxygen atoms in total. The second-order valence-electron chi connectivity index (χ2n) is 4.57. The van der Waals surface area contributed by atoms with Crippen LogP contribution in [0.4, 0.5) is 0 Å². The quantitative estimate of drug-likeness (QED) is 0.812. The van der Waals surface area contributed by atoms with Crippen molar-refractivity contribution < 1.29 is 13.9 Å². The van der Waals surface area contributed by atoms with Crippen molar-refractivity contribution >= 4 is 16.8 Å². The van der Waals surface area contributed by atoms with E-state index in [-0.39, 0.29) is 11.9 Å². The zero-order valence-electron chi connectivity index (χ0n) is 11.5. The van der Waals surface area contributed by atoms with Gasteiger partial charge in [-0.15, -0.1) is 0 Å². The highest BCUT2D eigenvalue weighted by Gasteiger charge is 2.11. The van der Waals surface area contributed by atoms with Crippen LogP contribution in [0.1, 0.15) is 30.8 Å². The Kier molecular flexibility index (Phi) is 4.22. The fourth-order valence-corrected chi connectivity index (χ4v) is 1.97. The summed E-state index contributed by atoms with van der Waals surface area (Å²) in [6.07, 6.45) is 0.536. The highest BCUT2D eigenvalue weighted by molar-refractivity contribution is 5.97. The Morgan fingerprint density at radius 3 is 2.89 bits per heavy atom. The van der Waals surface area contributed by atoms with E-state index in [0.717, 1.165) is 17.7 Å². The summed E-state index contributed by atoms with van der Waals surface area (Å²) in [5.74, 6) is 1.21. The Morgan fingerprint density at radius 2 is 2.21 bits per heavy atom. The Hall–Kier alpha value is -1.81. The molecule has 0 aliphatic carbocycles. The molecule has 0 aliphatic heterocycles. The minimum Gasteiger partial charge on any atom is -0.489 e. The first-order valence-electron chi connectivity index (χ1n) is 6.52. The lowest BCUT2D eigenvalue weighted by atomic mass is 10.2. The van der Waals surface area contributed by atoms with Gasteiger partial charge in [-0.3, -0.25) is 4.79 Å². The summed E-state index contributed by atoms with van der Waals surface area (Å²) >= 11 is 0. The van der Waals surface area contributed by atoms with Gasteiger partial charge in [-0.2, -0.15) is 0 Å². The molecular formula is C15H19NO3. The molecule has 0 aliphatic rings. The maximum Gasteiger partial charge on any atom is 0.197 e. The van der Waals surface area contributed by atoms with Crippen molar-refractivity contribution in [2.75, 3.05) is 13.6 Å². The molecule has 1 aromatic heterocycles. The molecule has 2 aromatic rings. The third kappa shape index (κ3) is 3.15. The fraction of sp³-hybridized carbons (Fsp3) is 0.400. The average Bonchev–Trinajstić information content (AvgIpc) is 2.81. The molecule has 19 heavy (non-hydrogen) atoms. The highest BCUT2D eigenvalue weighted by atomic mass is 16.5. The molecule has 0 fully saturated rings. The largest absolute Gasteiger partial charge is 0.489 e. The topological polar surface area (TPSA) is 51.5 Å². The first-order chi connectivity index (χ1) is 9.13. The van der Waals surface area contributed by atoms with E-state index in [2.05, 4.69) is 5.32 Å². The molecular weight excluding hydrogens is 242 g/mol. The van der Waals surface area contributed by atoms with Gasteiger partial charge in [0.15, 0.2) is 11.5 Å². The van der Waals surface area contributed by atoms with E-state index in [4.69, 9.17) is 9.15 Å². The second-order valence-corrected chi connectivity index (χ2v) is 4.57. The number of fused-ring (bicyclic) bond motifs is 1. The van der Waals surface area contributed by atoms with E-state index in [1.165, 1.54) is 0 Å². The maximum atomic E-state index is 11.6. The number of likely N-dealkylation sites (N-methyl/N-ethyl adjacent to an activating group) is 1. The van der Waals surface area contributed by atoms with Crippen LogP contribution in [-0.2, 0) is 0 Å². The zero-order chi connectivity index (χ0) is 13.8. The van der Waals surface area contributed by atoms with Gasteiger partial charge in [-0.25, -0.2) is 0 Å². The Labute approximate surface area is 112 Å². The average molecular weight is 261 g/mol. The zero-order valence-corrected chi connectivity index (χ0v) is 11.5. The van der Waals surface area contributed by atoms with Gasteiger partial charge in [0.2, 0.25) is 0 Å². The predicted molar refractivity (Wildman–Crippen MR) is 74.9 cm³/mol. The van der Waals surface area contributed by atoms with Crippen LogP contribution in [0.5, 0.6) is 5.75 Å². The van der Waals surface area contributed by atoms with Crippen molar-refractivity contribution in [3.8, 4) is 5.75 Å². The lowest BCUT2D eigenvalue weighted by molar-refractivity contribution is 0.0963. The minimum absolute atomic E-state index is 0.0159. The van der Waals surface area contributed by atoms with Crippen LogP contribution in [0.25, 0.3) is 11.0 Å². The van der Waals surface area contributed by atoms with Crippen LogP contribution < -0.4 is 10.1 Å². The highest BCUT2D eigenvalue weighted by Crippen LogP contribution is 2.25. The smallest absolute Gasteiger partial charge is 0.197 e. The number of hydrogen-bond donors (Lipinski definition) is 1. The van der Waals surface area contributed by atoms with Gasteiger partial charge in [0.05, 0.1) is 0 Å². The van der Waals surface area contributed by atoms with Crippen molar-refractivity contribution in [1.82, 2.24) is 5.32 Å². The van der Waals surface area contributed by atoms with Gasteiger partial charge in [-0.1, -0.05) is 6.92 Å². The van der Waals surface area contributed by atoms with Gasteiger partial charge in [0, 0.05) is 18.4 Å². The first kappa shape index (κ1) is 13.6. The molecule has 1 N–H and O–H groups in total. The molecule has 102 valence electrons. The van der Waals surface area contributed by atoms with E-state index in [1.807, 2.05) is 39.1 Å². The van der Waals surface area contributed by atoms with Crippen molar-refractivity contribution in [3.05, 3.63) is 30.0 Å². The number of hydrogen-bond acceptors (Lipinski definition) is 4. The summed E-state index contributed by atoms with van der Waals surface area (Å²) in [4.78, 5) is 11.6. The molecule has 0 radical (unpaired) electrons. The molecule has 0 saturated carbocycles. The number of ketones is 1. The van der Waals surface area contributed by atoms with Crippen LogP contribution in [0.15, 0.2) is 28.7 Å². The molecule has 0 spiro atoms. The number of ether oxygens (including phenoxy) is 1. The molecule has 2 rings (SSSR count). The molecule has 1 heterocycles. The normalized spacial score (nSPS) is 12.6. The number of carbonyl (C=O) groups is 1. The van der Waals surface area contributed by atoms with Crippen molar-refractivity contribution in [1.29, 1.82) is 0 Å². The third-order valence-electron chi connectivity index (χ3n) is 2.91.